The van der Waals surface area contributed by atoms with Crippen LogP contribution in [-0.2, 0) is 6.54 Å². The molecule has 10 heteroatoms. The minimum absolute atomic E-state index is 0.0348. The second-order valence-corrected chi connectivity index (χ2v) is 6.77. The van der Waals surface area contributed by atoms with Crippen molar-refractivity contribution >= 4 is 16.7 Å². The number of fused-ring (bicyclic) bond motifs is 1. The molecule has 0 radical (unpaired) electrons. The van der Waals surface area contributed by atoms with E-state index < -0.39 is 0 Å². The minimum atomic E-state index is -0.270. The van der Waals surface area contributed by atoms with E-state index in [2.05, 4.69) is 25.4 Å². The topological polar surface area (TPSA) is 141 Å². The lowest BCUT2D eigenvalue weighted by Crippen LogP contribution is -2.27. The van der Waals surface area contributed by atoms with Crippen molar-refractivity contribution in [2.24, 2.45) is 10.9 Å². The summed E-state index contributed by atoms with van der Waals surface area (Å²) < 4.78 is 6.71. The van der Waals surface area contributed by atoms with E-state index in [0.29, 0.717) is 10.9 Å². The molecule has 0 atom stereocenters. The molecular formula is C21H19N7O3. The van der Waals surface area contributed by atoms with Gasteiger partial charge < -0.3 is 15.7 Å². The zero-order chi connectivity index (χ0) is 21.8. The molecule has 2 aromatic carbocycles. The van der Waals surface area contributed by atoms with Crippen LogP contribution in [0.1, 0.15) is 11.3 Å². The zero-order valence-corrected chi connectivity index (χ0v) is 16.6. The number of aryl methyl sites for hydroxylation is 1. The average Bonchev–Trinajstić information content (AvgIpc) is 2.80. The molecule has 2 heterocycles. The van der Waals surface area contributed by atoms with Gasteiger partial charge in [-0.1, -0.05) is 46.3 Å². The smallest absolute Gasteiger partial charge is 0.317 e. The van der Waals surface area contributed by atoms with E-state index in [1.807, 2.05) is 43.3 Å². The number of rotatable bonds is 6. The summed E-state index contributed by atoms with van der Waals surface area (Å²) in [6.45, 7) is 2.25. The number of nitrogens with two attached hydrogens (primary N) is 1. The summed E-state index contributed by atoms with van der Waals surface area (Å²) in [5.74, 6) is -0.159. The number of hydrogen-bond donors (Lipinski definition) is 2. The second kappa shape index (κ2) is 8.57. The van der Waals surface area contributed by atoms with Crippen LogP contribution in [0.25, 0.3) is 22.0 Å². The largest absolute Gasteiger partial charge is 0.461 e. The van der Waals surface area contributed by atoms with E-state index in [1.54, 1.807) is 6.07 Å². The molecule has 156 valence electrons. The molecule has 3 N–H and O–H groups in total. The lowest BCUT2D eigenvalue weighted by atomic mass is 10.0. The Balaban J connectivity index is 1.54. The number of oxime groups is 1. The van der Waals surface area contributed by atoms with Gasteiger partial charge in [0.15, 0.2) is 5.84 Å². The Labute approximate surface area is 176 Å². The molecular weight excluding hydrogens is 398 g/mol. The monoisotopic (exact) mass is 417 g/mol. The number of amidine groups is 1. The molecule has 0 amide bonds. The summed E-state index contributed by atoms with van der Waals surface area (Å²) in [6, 6.07) is 15.1. The minimum Gasteiger partial charge on any atom is -0.461 e. The van der Waals surface area contributed by atoms with Crippen molar-refractivity contribution in [2.45, 2.75) is 13.5 Å². The van der Waals surface area contributed by atoms with Gasteiger partial charge in [0.05, 0.1) is 11.9 Å². The molecule has 0 aliphatic carbocycles. The molecule has 2 aromatic heterocycles. The van der Waals surface area contributed by atoms with Crippen molar-refractivity contribution in [3.8, 4) is 17.1 Å². The van der Waals surface area contributed by atoms with Crippen molar-refractivity contribution in [1.82, 2.24) is 25.0 Å². The quantitative estimate of drug-likeness (QED) is 0.209. The molecule has 0 saturated heterocycles. The molecule has 0 spiro atoms. The molecule has 0 unspecified atom stereocenters. The predicted octanol–water partition coefficient (Wildman–Crippen LogP) is 1.73. The maximum atomic E-state index is 12.9. The van der Waals surface area contributed by atoms with Gasteiger partial charge in [-0.2, -0.15) is 4.98 Å². The first-order chi connectivity index (χ1) is 15.0. The van der Waals surface area contributed by atoms with E-state index in [0.717, 1.165) is 11.1 Å². The molecule has 0 saturated carbocycles. The van der Waals surface area contributed by atoms with Crippen LogP contribution < -0.4 is 16.0 Å². The van der Waals surface area contributed by atoms with Gasteiger partial charge in [-0.15, -0.1) is 5.10 Å². The van der Waals surface area contributed by atoms with Crippen LogP contribution in [0.2, 0.25) is 0 Å². The van der Waals surface area contributed by atoms with Gasteiger partial charge in [0.25, 0.3) is 5.56 Å². The number of aromatic nitrogens is 5. The van der Waals surface area contributed by atoms with E-state index in [9.17, 15) is 4.79 Å². The Morgan fingerprint density at radius 2 is 1.94 bits per heavy atom. The highest BCUT2D eigenvalue weighted by molar-refractivity contribution is 5.95. The average molecular weight is 417 g/mol. The molecule has 0 aliphatic heterocycles. The van der Waals surface area contributed by atoms with Crippen LogP contribution in [0.3, 0.4) is 0 Å². The Morgan fingerprint density at radius 3 is 2.71 bits per heavy atom. The molecule has 10 nitrogen and oxygen atoms in total. The fourth-order valence-electron chi connectivity index (χ4n) is 2.98. The first-order valence-corrected chi connectivity index (χ1v) is 9.43. The van der Waals surface area contributed by atoms with Crippen LogP contribution in [-0.4, -0.2) is 42.6 Å². The highest BCUT2D eigenvalue weighted by Crippen LogP contribution is 2.22. The number of benzene rings is 2. The van der Waals surface area contributed by atoms with Crippen LogP contribution in [0.4, 0.5) is 0 Å². The van der Waals surface area contributed by atoms with Crippen molar-refractivity contribution < 1.29 is 9.94 Å². The normalized spacial score (nSPS) is 11.6. The summed E-state index contributed by atoms with van der Waals surface area (Å²) in [5, 5.41) is 20.2. The molecule has 0 aliphatic rings. The lowest BCUT2D eigenvalue weighted by Gasteiger charge is -2.08. The lowest BCUT2D eigenvalue weighted by molar-refractivity contribution is 0.265. The molecule has 31 heavy (non-hydrogen) atoms. The Morgan fingerprint density at radius 1 is 1.16 bits per heavy atom. The Hall–Kier alpha value is -4.34. The van der Waals surface area contributed by atoms with E-state index in [1.165, 1.54) is 22.5 Å². The van der Waals surface area contributed by atoms with Crippen molar-refractivity contribution in [3.63, 3.8) is 0 Å². The highest BCUT2D eigenvalue weighted by Gasteiger charge is 2.09. The SMILES string of the molecule is Cc1ccc(-c2ccc3nnn(CCOc4nccc(/C(N)=N/O)n4)c(=O)c3c2)cc1. The van der Waals surface area contributed by atoms with Crippen LogP contribution in [0.5, 0.6) is 6.01 Å². The van der Waals surface area contributed by atoms with E-state index in [-0.39, 0.29) is 36.3 Å². The maximum absolute atomic E-state index is 12.9. The molecule has 4 aromatic rings. The third-order valence-corrected chi connectivity index (χ3v) is 4.64. The zero-order valence-electron chi connectivity index (χ0n) is 16.6. The van der Waals surface area contributed by atoms with Gasteiger partial charge in [0, 0.05) is 6.20 Å². The van der Waals surface area contributed by atoms with Gasteiger partial charge in [0.2, 0.25) is 0 Å². The Kier molecular flexibility index (Phi) is 5.52. The van der Waals surface area contributed by atoms with Gasteiger partial charge in [-0.05, 0) is 36.2 Å². The van der Waals surface area contributed by atoms with Crippen LogP contribution in [0, 0.1) is 6.92 Å². The molecule has 0 fully saturated rings. The summed E-state index contributed by atoms with van der Waals surface area (Å²) in [4.78, 5) is 20.9. The first kappa shape index (κ1) is 20.0. The van der Waals surface area contributed by atoms with Gasteiger partial charge in [-0.25, -0.2) is 9.67 Å². The summed E-state index contributed by atoms with van der Waals surface area (Å²) in [6.07, 6.45) is 1.42. The fourth-order valence-corrected chi connectivity index (χ4v) is 2.98. The third-order valence-electron chi connectivity index (χ3n) is 4.64. The van der Waals surface area contributed by atoms with Gasteiger partial charge in [-0.3, -0.25) is 4.79 Å². The van der Waals surface area contributed by atoms with Gasteiger partial charge in [0.1, 0.15) is 17.8 Å². The van der Waals surface area contributed by atoms with Crippen LogP contribution in [0.15, 0.2) is 64.7 Å². The van der Waals surface area contributed by atoms with Crippen molar-refractivity contribution in [2.75, 3.05) is 6.61 Å². The predicted molar refractivity (Wildman–Crippen MR) is 114 cm³/mol. The number of ether oxygens (including phenoxy) is 1. The summed E-state index contributed by atoms with van der Waals surface area (Å²) in [7, 11) is 0. The maximum Gasteiger partial charge on any atom is 0.317 e. The molecule has 4 rings (SSSR count). The third kappa shape index (κ3) is 4.32. The standard InChI is InChI=1S/C21H19N7O3/c1-13-2-4-14(5-3-13)15-6-7-17-16(12-15)20(29)28(27-25-17)10-11-31-21-23-9-8-18(24-21)19(22)26-30/h2-9,12,30H,10-11H2,1H3,(H2,22,26). The van der Waals surface area contributed by atoms with E-state index >= 15 is 0 Å². The second-order valence-electron chi connectivity index (χ2n) is 6.77. The fraction of sp³-hybridized carbons (Fsp3) is 0.143. The molecule has 0 bridgehead atoms. The van der Waals surface area contributed by atoms with Crippen LogP contribution >= 0.6 is 0 Å². The van der Waals surface area contributed by atoms with Gasteiger partial charge >= 0.3 is 6.01 Å². The van der Waals surface area contributed by atoms with Crippen molar-refractivity contribution in [1.29, 1.82) is 0 Å². The summed E-state index contributed by atoms with van der Waals surface area (Å²) in [5.41, 5.74) is 9.09. The number of hydrogen-bond acceptors (Lipinski definition) is 8. The first-order valence-electron chi connectivity index (χ1n) is 9.43. The highest BCUT2D eigenvalue weighted by atomic mass is 16.5. The van der Waals surface area contributed by atoms with E-state index in [4.69, 9.17) is 15.7 Å². The summed E-state index contributed by atoms with van der Waals surface area (Å²) >= 11 is 0. The van der Waals surface area contributed by atoms with Crippen molar-refractivity contribution in [3.05, 3.63) is 76.3 Å². The number of nitrogens with zero attached hydrogens (tertiary/aromatic N) is 6. The Bertz CT molecular complexity index is 1320.